The van der Waals surface area contributed by atoms with Crippen molar-refractivity contribution in [3.63, 3.8) is 0 Å². The van der Waals surface area contributed by atoms with Gasteiger partial charge in [-0.3, -0.25) is 4.79 Å². The number of halogens is 2. The molecule has 5 nitrogen and oxygen atoms in total. The number of carbonyl (C=O) groups excluding carboxylic acids is 3. The molecule has 0 atom stereocenters. The predicted molar refractivity (Wildman–Crippen MR) is 151 cm³/mol. The second-order valence-corrected chi connectivity index (χ2v) is 10.4. The SMILES string of the molecule is Cc1cc(C)c(N2C(=O)C(C)(C)C(=O)[N+](c3c(C)cc(C)cc3C)=C2C(=O)c2ccccc2)c(C)c1.Cl.[Cl-]. The van der Waals surface area contributed by atoms with Gasteiger partial charge in [-0.05, 0) is 77.6 Å². The summed E-state index contributed by atoms with van der Waals surface area (Å²) in [4.78, 5) is 43.9. The number of nitrogens with zero attached hydrogens (tertiary/aromatic N) is 2. The number of hydrogen-bond acceptors (Lipinski definition) is 3. The van der Waals surface area contributed by atoms with Crippen molar-refractivity contribution in [2.75, 3.05) is 4.90 Å². The van der Waals surface area contributed by atoms with Crippen molar-refractivity contribution in [1.29, 1.82) is 0 Å². The van der Waals surface area contributed by atoms with Crippen molar-refractivity contribution in [1.82, 2.24) is 0 Å². The summed E-state index contributed by atoms with van der Waals surface area (Å²) in [6.07, 6.45) is 0. The zero-order valence-corrected chi connectivity index (χ0v) is 24.7. The van der Waals surface area contributed by atoms with Gasteiger partial charge in [0.15, 0.2) is 5.41 Å². The molecule has 3 aromatic rings. The van der Waals surface area contributed by atoms with Gasteiger partial charge in [0.05, 0.1) is 0 Å². The van der Waals surface area contributed by atoms with Crippen LogP contribution in [-0.4, -0.2) is 28.0 Å². The van der Waals surface area contributed by atoms with E-state index in [0.29, 0.717) is 16.9 Å². The molecule has 38 heavy (non-hydrogen) atoms. The molecule has 0 aromatic heterocycles. The number of amides is 2. The smallest absolute Gasteiger partial charge is 0.346 e. The summed E-state index contributed by atoms with van der Waals surface area (Å²) in [7, 11) is 0. The van der Waals surface area contributed by atoms with E-state index in [1.165, 1.54) is 9.48 Å². The largest absolute Gasteiger partial charge is 1.00 e. The summed E-state index contributed by atoms with van der Waals surface area (Å²) >= 11 is 0. The van der Waals surface area contributed by atoms with Crippen LogP contribution in [0.3, 0.4) is 0 Å². The lowest BCUT2D eigenvalue weighted by molar-refractivity contribution is -0.378. The first-order valence-corrected chi connectivity index (χ1v) is 12.2. The summed E-state index contributed by atoms with van der Waals surface area (Å²) in [5, 5.41) is 0. The Morgan fingerprint density at radius 3 is 1.68 bits per heavy atom. The zero-order chi connectivity index (χ0) is 26.5. The normalized spacial score (nSPS) is 14.7. The topological polar surface area (TPSA) is 57.5 Å². The van der Waals surface area contributed by atoms with Gasteiger partial charge < -0.3 is 12.4 Å². The van der Waals surface area contributed by atoms with E-state index in [9.17, 15) is 14.4 Å². The Hall–Kier alpha value is -3.28. The lowest BCUT2D eigenvalue weighted by atomic mass is 9.85. The minimum Gasteiger partial charge on any atom is -1.00 e. The molecule has 1 heterocycles. The van der Waals surface area contributed by atoms with Crippen LogP contribution in [0.15, 0.2) is 54.6 Å². The lowest BCUT2D eigenvalue weighted by Gasteiger charge is -2.33. The minimum atomic E-state index is -1.38. The third-order valence-corrected chi connectivity index (χ3v) is 6.86. The Morgan fingerprint density at radius 1 is 0.763 bits per heavy atom. The van der Waals surface area contributed by atoms with Gasteiger partial charge in [0.2, 0.25) is 0 Å². The molecule has 0 saturated carbocycles. The van der Waals surface area contributed by atoms with Crippen LogP contribution in [0, 0.1) is 47.0 Å². The lowest BCUT2D eigenvalue weighted by Crippen LogP contribution is -3.00. The molecule has 0 radical (unpaired) electrons. The third-order valence-electron chi connectivity index (χ3n) is 6.86. The van der Waals surface area contributed by atoms with Gasteiger partial charge in [-0.15, -0.1) is 12.4 Å². The van der Waals surface area contributed by atoms with Gasteiger partial charge in [0.1, 0.15) is 11.4 Å². The maximum atomic E-state index is 14.2. The van der Waals surface area contributed by atoms with E-state index in [-0.39, 0.29) is 36.4 Å². The molecule has 200 valence electrons. The van der Waals surface area contributed by atoms with Crippen molar-refractivity contribution < 1.29 is 31.4 Å². The van der Waals surface area contributed by atoms with Gasteiger partial charge in [0.25, 0.3) is 5.78 Å². The van der Waals surface area contributed by atoms with E-state index in [1.54, 1.807) is 38.1 Å². The first-order valence-electron chi connectivity index (χ1n) is 12.2. The third kappa shape index (κ3) is 5.05. The standard InChI is InChI=1S/C31H33N2O3.2ClH/c1-18-14-20(3)25(21(4)15-18)32-28(27(34)24-12-10-9-11-13-24)33(30(36)31(7,8)29(32)35)26-22(5)16-19(2)17-23(26)6;;/h9-17H,1-8H3;2*1H/q+1;;/p-1. The van der Waals surface area contributed by atoms with E-state index in [1.807, 2.05) is 71.9 Å². The molecule has 7 heteroatoms. The fraction of sp³-hybridized carbons (Fsp3) is 0.290. The summed E-state index contributed by atoms with van der Waals surface area (Å²) in [5.41, 5.74) is 5.88. The summed E-state index contributed by atoms with van der Waals surface area (Å²) in [6.45, 7) is 15.0. The fourth-order valence-electron chi connectivity index (χ4n) is 5.33. The molecule has 0 aliphatic carbocycles. The Labute approximate surface area is 237 Å². The Balaban J connectivity index is 0.00000253. The molecule has 1 aliphatic heterocycles. The first-order chi connectivity index (χ1) is 16.9. The number of hydrogen-bond donors (Lipinski definition) is 0. The average molecular weight is 554 g/mol. The molecule has 2 amide bonds. The van der Waals surface area contributed by atoms with Crippen molar-refractivity contribution in [3.8, 4) is 0 Å². The summed E-state index contributed by atoms with van der Waals surface area (Å²) in [6, 6.07) is 16.8. The summed E-state index contributed by atoms with van der Waals surface area (Å²) < 4.78 is 1.49. The molecular weight excluding hydrogens is 519 g/mol. The maximum Gasteiger partial charge on any atom is 0.346 e. The average Bonchev–Trinajstić information content (AvgIpc) is 2.79. The van der Waals surface area contributed by atoms with Crippen LogP contribution < -0.4 is 17.3 Å². The highest BCUT2D eigenvalue weighted by Gasteiger charge is 2.58. The number of Topliss-reactive ketones (excluding diaryl/α,β-unsaturated/α-hetero) is 1. The van der Waals surface area contributed by atoms with E-state index in [2.05, 4.69) is 0 Å². The van der Waals surface area contributed by atoms with Crippen LogP contribution in [-0.2, 0) is 9.59 Å². The van der Waals surface area contributed by atoms with Crippen molar-refractivity contribution in [2.24, 2.45) is 5.41 Å². The maximum absolute atomic E-state index is 14.2. The monoisotopic (exact) mass is 552 g/mol. The second kappa shape index (κ2) is 11.2. The van der Waals surface area contributed by atoms with Crippen LogP contribution >= 0.6 is 12.4 Å². The van der Waals surface area contributed by atoms with Crippen LogP contribution in [0.25, 0.3) is 0 Å². The van der Waals surface area contributed by atoms with E-state index in [4.69, 9.17) is 0 Å². The molecule has 0 saturated heterocycles. The van der Waals surface area contributed by atoms with Crippen molar-refractivity contribution >= 4 is 47.2 Å². The van der Waals surface area contributed by atoms with Crippen molar-refractivity contribution in [2.45, 2.75) is 55.4 Å². The number of amidine groups is 1. The molecule has 0 N–H and O–H groups in total. The Morgan fingerprint density at radius 2 is 1.21 bits per heavy atom. The van der Waals surface area contributed by atoms with Crippen LogP contribution in [0.2, 0.25) is 0 Å². The van der Waals surface area contributed by atoms with Crippen LogP contribution in [0.1, 0.15) is 57.6 Å². The predicted octanol–water partition coefficient (Wildman–Crippen LogP) is 3.49. The van der Waals surface area contributed by atoms with E-state index >= 15 is 0 Å². The quantitative estimate of drug-likeness (QED) is 0.283. The van der Waals surface area contributed by atoms with Crippen LogP contribution in [0.4, 0.5) is 11.4 Å². The van der Waals surface area contributed by atoms with Gasteiger partial charge in [-0.1, -0.05) is 65.7 Å². The first kappa shape index (κ1) is 30.9. The molecule has 4 rings (SSSR count). The number of carbonyl (C=O) groups is 3. The highest BCUT2D eigenvalue weighted by atomic mass is 35.5. The zero-order valence-electron chi connectivity index (χ0n) is 23.1. The van der Waals surface area contributed by atoms with Gasteiger partial charge in [0, 0.05) is 5.56 Å². The molecule has 1 aliphatic rings. The number of rotatable bonds is 4. The molecule has 0 unspecified atom stereocenters. The molecule has 3 aromatic carbocycles. The number of aryl methyl sites for hydroxylation is 6. The molecular formula is C31H34Cl2N2O3. The van der Waals surface area contributed by atoms with E-state index in [0.717, 1.165) is 33.4 Å². The Kier molecular flexibility index (Phi) is 9.14. The Bertz CT molecular complexity index is 1430. The number of anilines is 1. The highest BCUT2D eigenvalue weighted by Crippen LogP contribution is 2.38. The highest BCUT2D eigenvalue weighted by molar-refractivity contribution is 6.54. The molecule has 0 bridgehead atoms. The van der Waals surface area contributed by atoms with Gasteiger partial charge in [-0.25, -0.2) is 9.59 Å². The van der Waals surface area contributed by atoms with Crippen molar-refractivity contribution in [3.05, 3.63) is 93.5 Å². The molecule has 0 spiro atoms. The molecule has 0 fully saturated rings. The number of benzene rings is 3. The second-order valence-electron chi connectivity index (χ2n) is 10.4. The van der Waals surface area contributed by atoms with Gasteiger partial charge >= 0.3 is 17.6 Å². The fourth-order valence-corrected chi connectivity index (χ4v) is 5.33. The van der Waals surface area contributed by atoms with Crippen LogP contribution in [0.5, 0.6) is 0 Å². The number of ketones is 1. The van der Waals surface area contributed by atoms with E-state index < -0.39 is 17.2 Å². The minimum absolute atomic E-state index is 0. The van der Waals surface area contributed by atoms with Gasteiger partial charge in [-0.2, -0.15) is 9.48 Å². The summed E-state index contributed by atoms with van der Waals surface area (Å²) in [5.74, 6) is -1.17.